The van der Waals surface area contributed by atoms with Crippen molar-refractivity contribution in [3.8, 4) is 0 Å². The van der Waals surface area contributed by atoms with Gasteiger partial charge in [-0.3, -0.25) is 14.5 Å². The molecule has 5 nitrogen and oxygen atoms in total. The molecule has 0 aromatic rings. The molecule has 1 fully saturated rings. The molecular formula is C15H29N3O2. The van der Waals surface area contributed by atoms with E-state index in [0.29, 0.717) is 19.6 Å². The molecule has 0 bridgehead atoms. The molecule has 1 rings (SSSR count). The molecule has 0 saturated carbocycles. The van der Waals surface area contributed by atoms with E-state index in [1.807, 2.05) is 32.6 Å². The SMILES string of the molecule is CCC(C)NC(=O)CN1CCN(C(=O)C(C)(C)C)CC1. The summed E-state index contributed by atoms with van der Waals surface area (Å²) in [6.45, 7) is 13.3. The van der Waals surface area contributed by atoms with Gasteiger partial charge in [-0.2, -0.15) is 0 Å². The smallest absolute Gasteiger partial charge is 0.234 e. The van der Waals surface area contributed by atoms with Gasteiger partial charge in [-0.25, -0.2) is 0 Å². The van der Waals surface area contributed by atoms with Crippen LogP contribution >= 0.6 is 0 Å². The summed E-state index contributed by atoms with van der Waals surface area (Å²) in [5.74, 6) is 0.274. The molecule has 0 aromatic heterocycles. The highest BCUT2D eigenvalue weighted by molar-refractivity contribution is 5.81. The number of nitrogens with one attached hydrogen (secondary N) is 1. The second-order valence-corrected chi connectivity index (χ2v) is 6.70. The van der Waals surface area contributed by atoms with Crippen LogP contribution in [0.5, 0.6) is 0 Å². The van der Waals surface area contributed by atoms with Crippen molar-refractivity contribution in [2.45, 2.75) is 47.1 Å². The van der Waals surface area contributed by atoms with E-state index in [-0.39, 0.29) is 23.3 Å². The average molecular weight is 283 g/mol. The Morgan fingerprint density at radius 2 is 1.70 bits per heavy atom. The van der Waals surface area contributed by atoms with Crippen LogP contribution in [0, 0.1) is 5.41 Å². The third kappa shape index (κ3) is 5.12. The molecule has 1 heterocycles. The Balaban J connectivity index is 2.36. The van der Waals surface area contributed by atoms with Gasteiger partial charge in [-0.1, -0.05) is 27.7 Å². The van der Waals surface area contributed by atoms with E-state index in [1.165, 1.54) is 0 Å². The first-order chi connectivity index (χ1) is 9.24. The largest absolute Gasteiger partial charge is 0.353 e. The number of hydrogen-bond acceptors (Lipinski definition) is 3. The van der Waals surface area contributed by atoms with Crippen molar-refractivity contribution < 1.29 is 9.59 Å². The normalized spacial score (nSPS) is 18.8. The summed E-state index contributed by atoms with van der Waals surface area (Å²) in [5, 5.41) is 2.97. The fourth-order valence-electron chi connectivity index (χ4n) is 2.21. The van der Waals surface area contributed by atoms with Crippen LogP contribution < -0.4 is 5.32 Å². The second-order valence-electron chi connectivity index (χ2n) is 6.70. The number of nitrogens with zero attached hydrogens (tertiary/aromatic N) is 2. The molecule has 20 heavy (non-hydrogen) atoms. The molecule has 116 valence electrons. The van der Waals surface area contributed by atoms with Crippen molar-refractivity contribution in [3.63, 3.8) is 0 Å². The molecule has 0 aliphatic carbocycles. The fraction of sp³-hybridized carbons (Fsp3) is 0.867. The molecule has 0 spiro atoms. The van der Waals surface area contributed by atoms with Crippen LogP contribution in [0.4, 0.5) is 0 Å². The maximum atomic E-state index is 12.2. The maximum Gasteiger partial charge on any atom is 0.234 e. The number of amides is 2. The summed E-state index contributed by atoms with van der Waals surface area (Å²) in [5.41, 5.74) is -0.323. The molecule has 0 aromatic carbocycles. The first-order valence-electron chi connectivity index (χ1n) is 7.55. The van der Waals surface area contributed by atoms with Crippen LogP contribution in [-0.4, -0.2) is 60.4 Å². The lowest BCUT2D eigenvalue weighted by Crippen LogP contribution is -2.53. The van der Waals surface area contributed by atoms with Gasteiger partial charge in [0.05, 0.1) is 6.54 Å². The molecule has 1 N–H and O–H groups in total. The number of carbonyl (C=O) groups is 2. The Morgan fingerprint density at radius 3 is 2.15 bits per heavy atom. The first kappa shape index (κ1) is 17.0. The number of piperazine rings is 1. The minimum Gasteiger partial charge on any atom is -0.353 e. The van der Waals surface area contributed by atoms with E-state index in [1.54, 1.807) is 0 Å². The number of carbonyl (C=O) groups excluding carboxylic acids is 2. The van der Waals surface area contributed by atoms with E-state index in [2.05, 4.69) is 17.1 Å². The van der Waals surface area contributed by atoms with Crippen molar-refractivity contribution >= 4 is 11.8 Å². The molecule has 0 radical (unpaired) electrons. The Bertz CT molecular complexity index is 342. The highest BCUT2D eigenvalue weighted by Gasteiger charge is 2.29. The van der Waals surface area contributed by atoms with Crippen LogP contribution in [-0.2, 0) is 9.59 Å². The molecular weight excluding hydrogens is 254 g/mol. The highest BCUT2D eigenvalue weighted by atomic mass is 16.2. The Labute approximate surface area is 122 Å². The average Bonchev–Trinajstić information content (AvgIpc) is 2.37. The quantitative estimate of drug-likeness (QED) is 0.840. The van der Waals surface area contributed by atoms with Gasteiger partial charge in [0.15, 0.2) is 0 Å². The van der Waals surface area contributed by atoms with E-state index in [4.69, 9.17) is 0 Å². The Kier molecular flexibility index (Phi) is 5.99. The molecule has 1 atom stereocenters. The maximum absolute atomic E-state index is 12.2. The van der Waals surface area contributed by atoms with Crippen LogP contribution in [0.25, 0.3) is 0 Å². The van der Waals surface area contributed by atoms with Gasteiger partial charge in [-0.05, 0) is 13.3 Å². The third-order valence-electron chi connectivity index (χ3n) is 3.69. The molecule has 1 aliphatic rings. The fourth-order valence-corrected chi connectivity index (χ4v) is 2.21. The van der Waals surface area contributed by atoms with Gasteiger partial charge < -0.3 is 10.2 Å². The van der Waals surface area contributed by atoms with Gasteiger partial charge >= 0.3 is 0 Å². The predicted molar refractivity (Wildman–Crippen MR) is 80.4 cm³/mol. The zero-order chi connectivity index (χ0) is 15.3. The Morgan fingerprint density at radius 1 is 1.15 bits per heavy atom. The lowest BCUT2D eigenvalue weighted by atomic mass is 9.94. The first-order valence-corrected chi connectivity index (χ1v) is 7.55. The van der Waals surface area contributed by atoms with Crippen molar-refractivity contribution in [2.24, 2.45) is 5.41 Å². The molecule has 2 amide bonds. The van der Waals surface area contributed by atoms with Gasteiger partial charge in [-0.15, -0.1) is 0 Å². The molecule has 5 heteroatoms. The van der Waals surface area contributed by atoms with E-state index >= 15 is 0 Å². The minimum atomic E-state index is -0.323. The van der Waals surface area contributed by atoms with E-state index in [0.717, 1.165) is 19.5 Å². The van der Waals surface area contributed by atoms with Gasteiger partial charge in [0.25, 0.3) is 0 Å². The lowest BCUT2D eigenvalue weighted by molar-refractivity contribution is -0.141. The minimum absolute atomic E-state index is 0.0787. The standard InChI is InChI=1S/C15H29N3O2/c1-6-12(2)16-13(19)11-17-7-9-18(10-8-17)14(20)15(3,4)5/h12H,6-11H2,1-5H3,(H,16,19). The van der Waals surface area contributed by atoms with Gasteiger partial charge in [0.1, 0.15) is 0 Å². The molecule has 1 aliphatic heterocycles. The number of hydrogen-bond donors (Lipinski definition) is 1. The summed E-state index contributed by atoms with van der Waals surface area (Å²) in [6, 6.07) is 0.228. The highest BCUT2D eigenvalue weighted by Crippen LogP contribution is 2.18. The zero-order valence-corrected chi connectivity index (χ0v) is 13.5. The van der Waals surface area contributed by atoms with Crippen LogP contribution in [0.3, 0.4) is 0 Å². The van der Waals surface area contributed by atoms with Crippen molar-refractivity contribution in [2.75, 3.05) is 32.7 Å². The second kappa shape index (κ2) is 7.07. The van der Waals surface area contributed by atoms with Crippen molar-refractivity contribution in [1.29, 1.82) is 0 Å². The zero-order valence-electron chi connectivity index (χ0n) is 13.5. The van der Waals surface area contributed by atoms with E-state index < -0.39 is 0 Å². The van der Waals surface area contributed by atoms with Crippen molar-refractivity contribution in [3.05, 3.63) is 0 Å². The van der Waals surface area contributed by atoms with Crippen LogP contribution in [0.2, 0.25) is 0 Å². The lowest BCUT2D eigenvalue weighted by Gasteiger charge is -2.37. The molecule has 1 saturated heterocycles. The molecule has 1 unspecified atom stereocenters. The van der Waals surface area contributed by atoms with Gasteiger partial charge in [0.2, 0.25) is 11.8 Å². The van der Waals surface area contributed by atoms with Crippen LogP contribution in [0.15, 0.2) is 0 Å². The van der Waals surface area contributed by atoms with E-state index in [9.17, 15) is 9.59 Å². The summed E-state index contributed by atoms with van der Waals surface area (Å²) >= 11 is 0. The summed E-state index contributed by atoms with van der Waals surface area (Å²) < 4.78 is 0. The Hall–Kier alpha value is -1.10. The summed E-state index contributed by atoms with van der Waals surface area (Å²) in [6.07, 6.45) is 0.944. The summed E-state index contributed by atoms with van der Waals surface area (Å²) in [4.78, 5) is 28.0. The monoisotopic (exact) mass is 283 g/mol. The van der Waals surface area contributed by atoms with Crippen LogP contribution in [0.1, 0.15) is 41.0 Å². The van der Waals surface area contributed by atoms with Crippen molar-refractivity contribution in [1.82, 2.24) is 15.1 Å². The topological polar surface area (TPSA) is 52.7 Å². The predicted octanol–water partition coefficient (Wildman–Crippen LogP) is 1.09. The summed E-state index contributed by atoms with van der Waals surface area (Å²) in [7, 11) is 0. The number of rotatable bonds is 4. The third-order valence-corrected chi connectivity index (χ3v) is 3.69. The van der Waals surface area contributed by atoms with Gasteiger partial charge in [0, 0.05) is 37.6 Å².